The molecule has 1 aliphatic rings. The summed E-state index contributed by atoms with van der Waals surface area (Å²) in [6, 6.07) is 21.8. The van der Waals surface area contributed by atoms with E-state index in [0.29, 0.717) is 25.1 Å². The molecule has 0 aliphatic carbocycles. The van der Waals surface area contributed by atoms with Gasteiger partial charge in [-0.25, -0.2) is 4.79 Å². The Kier molecular flexibility index (Phi) is 6.62. The highest BCUT2D eigenvalue weighted by molar-refractivity contribution is 5.89. The molecule has 2 aromatic carbocycles. The monoisotopic (exact) mass is 349 g/mol. The van der Waals surface area contributed by atoms with Crippen LogP contribution >= 0.6 is 0 Å². The van der Waals surface area contributed by atoms with Crippen LogP contribution in [-0.4, -0.2) is 25.2 Å². The van der Waals surface area contributed by atoms with Crippen LogP contribution < -0.4 is 5.32 Å². The first-order chi connectivity index (χ1) is 12.8. The van der Waals surface area contributed by atoms with Gasteiger partial charge in [-0.1, -0.05) is 66.7 Å². The van der Waals surface area contributed by atoms with Crippen LogP contribution in [0.15, 0.2) is 72.3 Å². The Hall–Kier alpha value is -2.39. The van der Waals surface area contributed by atoms with Gasteiger partial charge in [0.05, 0.1) is 6.61 Å². The van der Waals surface area contributed by atoms with Crippen LogP contribution in [-0.2, 0) is 9.53 Å². The number of nitrogens with one attached hydrogen (secondary N) is 1. The van der Waals surface area contributed by atoms with Crippen LogP contribution in [0.4, 0.5) is 0 Å². The molecule has 3 nitrogen and oxygen atoms in total. The lowest BCUT2D eigenvalue weighted by atomic mass is 9.85. The fourth-order valence-corrected chi connectivity index (χ4v) is 3.56. The number of rotatable bonds is 7. The molecule has 1 N–H and O–H groups in total. The number of carbonyl (C=O) groups excluding carboxylic acids is 1. The first-order valence-corrected chi connectivity index (χ1v) is 9.47. The van der Waals surface area contributed by atoms with Gasteiger partial charge >= 0.3 is 5.97 Å². The van der Waals surface area contributed by atoms with Crippen molar-refractivity contribution in [3.05, 3.63) is 83.4 Å². The van der Waals surface area contributed by atoms with Crippen molar-refractivity contribution in [1.29, 1.82) is 0 Å². The van der Waals surface area contributed by atoms with Crippen LogP contribution in [0.3, 0.4) is 0 Å². The molecule has 1 heterocycles. The summed E-state index contributed by atoms with van der Waals surface area (Å²) in [4.78, 5) is 11.8. The zero-order chi connectivity index (χ0) is 18.2. The van der Waals surface area contributed by atoms with Crippen molar-refractivity contribution in [2.75, 3.05) is 13.2 Å². The van der Waals surface area contributed by atoms with Crippen molar-refractivity contribution in [3.8, 4) is 0 Å². The summed E-state index contributed by atoms with van der Waals surface area (Å²) >= 11 is 0. The third-order valence-corrected chi connectivity index (χ3v) is 4.98. The van der Waals surface area contributed by atoms with Gasteiger partial charge in [0.2, 0.25) is 0 Å². The lowest BCUT2D eigenvalue weighted by Crippen LogP contribution is -2.36. The molecule has 1 aliphatic heterocycles. The maximum absolute atomic E-state index is 11.8. The standard InChI is InChI=1S/C23H27NO2/c1-2-26-23(25)20-13-14-21(24-17-20)15-16-22(18-9-5-3-6-10-18)19-11-7-4-8-12-19/h3-13,21-22,24H,2,14-17H2,1H3. The zero-order valence-corrected chi connectivity index (χ0v) is 15.4. The molecule has 0 saturated heterocycles. The highest BCUT2D eigenvalue weighted by Gasteiger charge is 2.21. The smallest absolute Gasteiger partial charge is 0.334 e. The molecule has 0 spiro atoms. The molecule has 0 amide bonds. The summed E-state index contributed by atoms with van der Waals surface area (Å²) in [6.07, 6.45) is 5.07. The molecule has 0 bridgehead atoms. The zero-order valence-electron chi connectivity index (χ0n) is 15.4. The minimum atomic E-state index is -0.190. The first-order valence-electron chi connectivity index (χ1n) is 9.47. The number of benzene rings is 2. The van der Waals surface area contributed by atoms with Gasteiger partial charge in [0.25, 0.3) is 0 Å². The Balaban J connectivity index is 1.63. The summed E-state index contributed by atoms with van der Waals surface area (Å²) in [5.41, 5.74) is 3.47. The van der Waals surface area contributed by atoms with Crippen molar-refractivity contribution in [2.24, 2.45) is 0 Å². The summed E-state index contributed by atoms with van der Waals surface area (Å²) in [5, 5.41) is 3.50. The summed E-state index contributed by atoms with van der Waals surface area (Å²) in [5.74, 6) is 0.208. The highest BCUT2D eigenvalue weighted by atomic mass is 16.5. The third kappa shape index (κ3) is 4.83. The fraction of sp³-hybridized carbons (Fsp3) is 0.348. The van der Waals surface area contributed by atoms with E-state index >= 15 is 0 Å². The van der Waals surface area contributed by atoms with Gasteiger partial charge < -0.3 is 10.1 Å². The average molecular weight is 349 g/mol. The molecule has 136 valence electrons. The minimum Gasteiger partial charge on any atom is -0.463 e. The minimum absolute atomic E-state index is 0.190. The van der Waals surface area contributed by atoms with Gasteiger partial charge in [-0.05, 0) is 37.3 Å². The van der Waals surface area contributed by atoms with Crippen LogP contribution in [0, 0.1) is 0 Å². The molecule has 1 unspecified atom stereocenters. The molecule has 0 aromatic heterocycles. The number of carbonyl (C=O) groups is 1. The topological polar surface area (TPSA) is 38.3 Å². The van der Waals surface area contributed by atoms with Crippen LogP contribution in [0.1, 0.15) is 43.2 Å². The molecular weight excluding hydrogens is 322 g/mol. The molecule has 3 rings (SSSR count). The van der Waals surface area contributed by atoms with Crippen LogP contribution in [0.5, 0.6) is 0 Å². The largest absolute Gasteiger partial charge is 0.463 e. The lowest BCUT2D eigenvalue weighted by molar-refractivity contribution is -0.138. The Bertz CT molecular complexity index is 685. The van der Waals surface area contributed by atoms with E-state index in [4.69, 9.17) is 4.74 Å². The number of ether oxygens (including phenoxy) is 1. The number of hydrogen-bond acceptors (Lipinski definition) is 3. The van der Waals surface area contributed by atoms with E-state index in [2.05, 4.69) is 66.0 Å². The van der Waals surface area contributed by atoms with Crippen molar-refractivity contribution < 1.29 is 9.53 Å². The summed E-state index contributed by atoms with van der Waals surface area (Å²) in [7, 11) is 0. The second kappa shape index (κ2) is 9.35. The van der Waals surface area contributed by atoms with E-state index in [1.807, 2.05) is 13.0 Å². The molecular formula is C23H27NO2. The Morgan fingerprint density at radius 1 is 1.08 bits per heavy atom. The quantitative estimate of drug-likeness (QED) is 0.751. The molecule has 0 fully saturated rings. The second-order valence-electron chi connectivity index (χ2n) is 6.71. The van der Waals surface area contributed by atoms with Crippen molar-refractivity contribution >= 4 is 5.97 Å². The van der Waals surface area contributed by atoms with Crippen molar-refractivity contribution in [3.63, 3.8) is 0 Å². The first kappa shape index (κ1) is 18.4. The van der Waals surface area contributed by atoms with Crippen molar-refractivity contribution in [2.45, 2.75) is 38.1 Å². The molecule has 26 heavy (non-hydrogen) atoms. The lowest BCUT2D eigenvalue weighted by Gasteiger charge is -2.25. The van der Waals surface area contributed by atoms with Crippen LogP contribution in [0.2, 0.25) is 0 Å². The predicted molar refractivity (Wildman–Crippen MR) is 105 cm³/mol. The normalized spacial score (nSPS) is 17.0. The third-order valence-electron chi connectivity index (χ3n) is 4.98. The van der Waals surface area contributed by atoms with E-state index in [-0.39, 0.29) is 5.97 Å². The van der Waals surface area contributed by atoms with Crippen LogP contribution in [0.25, 0.3) is 0 Å². The Labute approximate surface area is 156 Å². The Morgan fingerprint density at radius 2 is 1.69 bits per heavy atom. The summed E-state index contributed by atoms with van der Waals surface area (Å²) in [6.45, 7) is 2.87. The van der Waals surface area contributed by atoms with Gasteiger partial charge in [0.1, 0.15) is 0 Å². The SMILES string of the molecule is CCOC(=O)C1=CCC(CCC(c2ccccc2)c2ccccc2)NC1. The van der Waals surface area contributed by atoms with E-state index < -0.39 is 0 Å². The fourth-order valence-electron chi connectivity index (χ4n) is 3.56. The van der Waals surface area contributed by atoms with Gasteiger partial charge in [-0.2, -0.15) is 0 Å². The van der Waals surface area contributed by atoms with Gasteiger partial charge in [0.15, 0.2) is 0 Å². The van der Waals surface area contributed by atoms with Gasteiger partial charge in [-0.3, -0.25) is 0 Å². The molecule has 1 atom stereocenters. The van der Waals surface area contributed by atoms with E-state index in [9.17, 15) is 4.79 Å². The second-order valence-corrected chi connectivity index (χ2v) is 6.71. The maximum atomic E-state index is 11.8. The van der Waals surface area contributed by atoms with E-state index in [1.54, 1.807) is 0 Å². The highest BCUT2D eigenvalue weighted by Crippen LogP contribution is 2.30. The van der Waals surface area contributed by atoms with E-state index in [0.717, 1.165) is 24.8 Å². The van der Waals surface area contributed by atoms with Gasteiger partial charge in [-0.15, -0.1) is 0 Å². The van der Waals surface area contributed by atoms with E-state index in [1.165, 1.54) is 11.1 Å². The molecule has 0 radical (unpaired) electrons. The maximum Gasteiger partial charge on any atom is 0.334 e. The van der Waals surface area contributed by atoms with Crippen molar-refractivity contribution in [1.82, 2.24) is 5.32 Å². The molecule has 2 aromatic rings. The predicted octanol–water partition coefficient (Wildman–Crippen LogP) is 4.45. The average Bonchev–Trinajstić information content (AvgIpc) is 2.70. The molecule has 3 heteroatoms. The molecule has 0 saturated carbocycles. The summed E-state index contributed by atoms with van der Waals surface area (Å²) < 4.78 is 5.08. The van der Waals surface area contributed by atoms with Gasteiger partial charge in [0, 0.05) is 24.1 Å². The number of hydrogen-bond donors (Lipinski definition) is 1. The Morgan fingerprint density at radius 3 is 2.19 bits per heavy atom. The number of esters is 1.